The number of likely N-dealkylation sites (N-methyl/N-ethyl adjacent to an activating group) is 1. The van der Waals surface area contributed by atoms with Crippen LogP contribution in [0.5, 0.6) is 0 Å². The van der Waals surface area contributed by atoms with Crippen molar-refractivity contribution >= 4 is 17.9 Å². The smallest absolute Gasteiger partial charge is 0.361 e. The van der Waals surface area contributed by atoms with Gasteiger partial charge in [-0.3, -0.25) is 9.59 Å². The van der Waals surface area contributed by atoms with Gasteiger partial charge in [0.2, 0.25) is 0 Å². The van der Waals surface area contributed by atoms with E-state index in [4.69, 9.17) is 18.9 Å². The number of aliphatic carboxylic acids is 1. The lowest BCUT2D eigenvalue weighted by molar-refractivity contribution is -0.870. The van der Waals surface area contributed by atoms with Crippen LogP contribution in [0.4, 0.5) is 0 Å². The van der Waals surface area contributed by atoms with E-state index in [2.05, 4.69) is 111 Å². The number of carboxylic acids is 1. The number of carbonyl (C=O) groups excluding carboxylic acids is 2. The Morgan fingerprint density at radius 3 is 1.22 bits per heavy atom. The van der Waals surface area contributed by atoms with Crippen LogP contribution in [0.3, 0.4) is 0 Å². The largest absolute Gasteiger partial charge is 0.477 e. The first kappa shape index (κ1) is 69.2. The van der Waals surface area contributed by atoms with Crippen LogP contribution in [0.15, 0.2) is 97.2 Å². The van der Waals surface area contributed by atoms with Gasteiger partial charge in [-0.2, -0.15) is 0 Å². The van der Waals surface area contributed by atoms with Crippen LogP contribution >= 0.6 is 0 Å². The van der Waals surface area contributed by atoms with E-state index in [1.165, 1.54) is 128 Å². The quantitative estimate of drug-likeness (QED) is 0.0211. The molecule has 0 fully saturated rings. The molecular weight excluding hydrogens is 911 g/mol. The molecule has 0 saturated heterocycles. The maximum atomic E-state index is 12.8. The Morgan fingerprint density at radius 1 is 0.425 bits per heavy atom. The molecule has 0 heterocycles. The van der Waals surface area contributed by atoms with E-state index in [1.54, 1.807) is 0 Å². The van der Waals surface area contributed by atoms with Gasteiger partial charge in [-0.25, -0.2) is 4.79 Å². The number of hydrogen-bond donors (Lipinski definition) is 1. The first-order valence-electron chi connectivity index (χ1n) is 29.4. The highest BCUT2D eigenvalue weighted by Gasteiger charge is 2.25. The summed E-state index contributed by atoms with van der Waals surface area (Å²) < 4.78 is 22.8. The highest BCUT2D eigenvalue weighted by Crippen LogP contribution is 2.15. The Labute approximate surface area is 448 Å². The van der Waals surface area contributed by atoms with Crippen LogP contribution < -0.4 is 0 Å². The fourth-order valence-corrected chi connectivity index (χ4v) is 7.82. The summed E-state index contributed by atoms with van der Waals surface area (Å²) in [5.41, 5.74) is 0. The first-order valence-corrected chi connectivity index (χ1v) is 29.4. The molecule has 0 rings (SSSR count). The van der Waals surface area contributed by atoms with Crippen molar-refractivity contribution in [3.63, 3.8) is 0 Å². The molecule has 2 atom stereocenters. The van der Waals surface area contributed by atoms with Gasteiger partial charge in [0.15, 0.2) is 6.10 Å². The summed E-state index contributed by atoms with van der Waals surface area (Å²) in [6.45, 7) is 4.70. The second-order valence-electron chi connectivity index (χ2n) is 20.6. The normalized spacial score (nSPS) is 13.5. The summed E-state index contributed by atoms with van der Waals surface area (Å²) in [6.07, 6.45) is 70.7. The molecule has 2 unspecified atom stereocenters. The SMILES string of the molecule is CC/C=C\C/C=C\C/C=C\C/C=C\C/C=C\C/C=C\C/C=C\CCCC(=O)OC(COC(=O)CCCCCCCCCCCCCCC/C=C\CCCCCCCCCC)COC(OCC[N+](C)(C)C)C(=O)O. The van der Waals surface area contributed by atoms with Crippen LogP contribution in [0.2, 0.25) is 0 Å². The maximum Gasteiger partial charge on any atom is 0.361 e. The molecule has 0 aromatic heterocycles. The predicted molar refractivity (Wildman–Crippen MR) is 309 cm³/mol. The van der Waals surface area contributed by atoms with Gasteiger partial charge in [0.25, 0.3) is 6.29 Å². The van der Waals surface area contributed by atoms with Crippen LogP contribution in [0.25, 0.3) is 0 Å². The minimum Gasteiger partial charge on any atom is -0.477 e. The van der Waals surface area contributed by atoms with Gasteiger partial charge >= 0.3 is 17.9 Å². The minimum atomic E-state index is -1.53. The number of unbranched alkanes of at least 4 members (excludes halogenated alkanes) is 22. The van der Waals surface area contributed by atoms with E-state index >= 15 is 0 Å². The molecule has 1 N–H and O–H groups in total. The maximum absolute atomic E-state index is 12.8. The molecule has 0 aliphatic rings. The van der Waals surface area contributed by atoms with E-state index < -0.39 is 24.3 Å². The van der Waals surface area contributed by atoms with Crippen molar-refractivity contribution in [2.45, 2.75) is 245 Å². The Bertz CT molecular complexity index is 1520. The van der Waals surface area contributed by atoms with Crippen LogP contribution in [0.1, 0.15) is 232 Å². The minimum absolute atomic E-state index is 0.172. The zero-order chi connectivity index (χ0) is 53.4. The molecule has 0 saturated carbocycles. The van der Waals surface area contributed by atoms with E-state index in [9.17, 15) is 19.5 Å². The van der Waals surface area contributed by atoms with Crippen LogP contribution in [0, 0.1) is 0 Å². The van der Waals surface area contributed by atoms with Gasteiger partial charge in [0, 0.05) is 12.8 Å². The number of rotatable bonds is 53. The van der Waals surface area contributed by atoms with Crippen molar-refractivity contribution in [2.24, 2.45) is 0 Å². The molecule has 0 bridgehead atoms. The topological polar surface area (TPSA) is 108 Å². The number of carbonyl (C=O) groups is 3. The summed E-state index contributed by atoms with van der Waals surface area (Å²) >= 11 is 0. The van der Waals surface area contributed by atoms with Gasteiger partial charge in [0.05, 0.1) is 34.4 Å². The lowest BCUT2D eigenvalue weighted by Gasteiger charge is -2.25. The number of hydrogen-bond acceptors (Lipinski definition) is 7. The zero-order valence-electron chi connectivity index (χ0n) is 47.5. The standard InChI is InChI=1S/C64H109NO8/c1-6-8-10-12-14-16-18-20-22-24-26-28-30-31-33-34-36-38-40-42-44-46-48-50-52-54-61(66)71-58-60(59-72-64(63(68)69)70-57-56-65(3,4)5)73-62(67)55-53-51-49-47-45-43-41-39-37-35-32-29-27-25-23-21-19-17-15-13-11-9-7-2/h9,11,15,17,21,23-24,26-27,29,35,37,41,43,47,49,60,64H,6-8,10,12-14,16,18-20,22,25,28,30-34,36,38-40,42,44-46,48,50-59H2,1-5H3/p+1/b11-9-,17-15-,23-21-,26-24-,29-27-,37-35-,43-41-,49-47-. The molecule has 73 heavy (non-hydrogen) atoms. The van der Waals surface area contributed by atoms with E-state index in [0.717, 1.165) is 64.2 Å². The van der Waals surface area contributed by atoms with Crippen molar-refractivity contribution in [1.82, 2.24) is 0 Å². The molecule has 418 valence electrons. The average molecular weight is 1020 g/mol. The fourth-order valence-electron chi connectivity index (χ4n) is 7.82. The molecule has 0 radical (unpaired) electrons. The lowest BCUT2D eigenvalue weighted by atomic mass is 10.0. The Morgan fingerprint density at radius 2 is 0.795 bits per heavy atom. The second kappa shape index (κ2) is 54.5. The third-order valence-electron chi connectivity index (χ3n) is 12.3. The van der Waals surface area contributed by atoms with Gasteiger partial charge in [-0.1, -0.05) is 227 Å². The highest BCUT2D eigenvalue weighted by molar-refractivity contribution is 5.71. The molecular formula is C64H110NO8+. The summed E-state index contributed by atoms with van der Waals surface area (Å²) in [4.78, 5) is 37.4. The van der Waals surface area contributed by atoms with Crippen molar-refractivity contribution in [1.29, 1.82) is 0 Å². The zero-order valence-corrected chi connectivity index (χ0v) is 47.5. The molecule has 0 aromatic carbocycles. The van der Waals surface area contributed by atoms with E-state index in [1.807, 2.05) is 21.1 Å². The lowest BCUT2D eigenvalue weighted by Crippen LogP contribution is -2.40. The van der Waals surface area contributed by atoms with Gasteiger partial charge in [-0.15, -0.1) is 0 Å². The number of allylic oxidation sites excluding steroid dienone is 16. The molecule has 9 heteroatoms. The van der Waals surface area contributed by atoms with Crippen LogP contribution in [-0.4, -0.2) is 87.4 Å². The monoisotopic (exact) mass is 1020 g/mol. The highest BCUT2D eigenvalue weighted by atomic mass is 16.7. The summed E-state index contributed by atoms with van der Waals surface area (Å²) in [5, 5.41) is 9.70. The molecule has 0 aromatic rings. The number of nitrogens with zero attached hydrogens (tertiary/aromatic N) is 1. The van der Waals surface area contributed by atoms with Gasteiger partial charge < -0.3 is 28.5 Å². The molecule has 0 amide bonds. The molecule has 0 spiro atoms. The number of esters is 2. The fraction of sp³-hybridized carbons (Fsp3) is 0.703. The molecule has 0 aliphatic heterocycles. The van der Waals surface area contributed by atoms with Crippen LogP contribution in [-0.2, 0) is 33.3 Å². The van der Waals surface area contributed by atoms with E-state index in [0.29, 0.717) is 23.9 Å². The van der Waals surface area contributed by atoms with Crippen molar-refractivity contribution in [3.8, 4) is 0 Å². The molecule has 0 aliphatic carbocycles. The third kappa shape index (κ3) is 55.8. The second-order valence-corrected chi connectivity index (χ2v) is 20.6. The Balaban J connectivity index is 4.34. The first-order chi connectivity index (χ1) is 35.6. The van der Waals surface area contributed by atoms with Crippen molar-refractivity contribution in [3.05, 3.63) is 97.2 Å². The third-order valence-corrected chi connectivity index (χ3v) is 12.3. The summed E-state index contributed by atoms with van der Waals surface area (Å²) in [7, 11) is 5.94. The Kier molecular flexibility index (Phi) is 51.6. The number of carboxylic acid groups (broad SMARTS) is 1. The number of ether oxygens (including phenoxy) is 4. The van der Waals surface area contributed by atoms with Gasteiger partial charge in [-0.05, 0) is 89.9 Å². The molecule has 9 nitrogen and oxygen atoms in total. The predicted octanol–water partition coefficient (Wildman–Crippen LogP) is 17.3. The van der Waals surface area contributed by atoms with E-state index in [-0.39, 0.29) is 38.6 Å². The summed E-state index contributed by atoms with van der Waals surface area (Å²) in [5.74, 6) is -2.09. The van der Waals surface area contributed by atoms with Crippen molar-refractivity contribution < 1.29 is 42.9 Å². The van der Waals surface area contributed by atoms with Crippen molar-refractivity contribution in [2.75, 3.05) is 47.5 Å². The van der Waals surface area contributed by atoms with Gasteiger partial charge in [0.1, 0.15) is 13.2 Å². The Hall–Kier alpha value is -3.79. The summed E-state index contributed by atoms with van der Waals surface area (Å²) in [6, 6.07) is 0. The average Bonchev–Trinajstić information content (AvgIpc) is 3.36. The number of quaternary nitrogens is 1.